The van der Waals surface area contributed by atoms with Crippen LogP contribution < -0.4 is 9.88 Å². The molecule has 3 rings (SSSR count). The van der Waals surface area contributed by atoms with Crippen LogP contribution in [0.1, 0.15) is 12.5 Å². The molecule has 0 aliphatic rings. The topological polar surface area (TPSA) is 48.8 Å². The van der Waals surface area contributed by atoms with Crippen LogP contribution in [0.5, 0.6) is 0 Å². The Bertz CT molecular complexity index is 759. The summed E-state index contributed by atoms with van der Waals surface area (Å²) < 4.78 is 2.12. The molecule has 0 aliphatic carbocycles. The number of aryl methyl sites for hydroxylation is 2. The predicted octanol–water partition coefficient (Wildman–Crippen LogP) is 2.66. The van der Waals surface area contributed by atoms with Crippen LogP contribution in [0.25, 0.3) is 10.9 Å². The largest absolute Gasteiger partial charge is 0.361 e. The summed E-state index contributed by atoms with van der Waals surface area (Å²) in [5.41, 5.74) is 3.33. The molecule has 2 aromatic heterocycles. The molecule has 2 N–H and O–H groups in total. The van der Waals surface area contributed by atoms with Gasteiger partial charge < -0.3 is 10.3 Å². The van der Waals surface area contributed by atoms with Crippen molar-refractivity contribution >= 4 is 22.5 Å². The Kier molecular flexibility index (Phi) is 3.69. The van der Waals surface area contributed by atoms with Gasteiger partial charge in [0.05, 0.1) is 5.69 Å². The number of anilines is 1. The smallest absolute Gasteiger partial charge is 0.221 e. The van der Waals surface area contributed by atoms with Crippen molar-refractivity contribution in [1.29, 1.82) is 0 Å². The van der Waals surface area contributed by atoms with E-state index in [0.717, 1.165) is 18.7 Å². The number of H-pyrrole nitrogens is 1. The number of pyridine rings is 1. The van der Waals surface area contributed by atoms with Crippen molar-refractivity contribution in [1.82, 2.24) is 4.98 Å². The van der Waals surface area contributed by atoms with Crippen molar-refractivity contribution in [2.24, 2.45) is 0 Å². The molecule has 0 fully saturated rings. The number of amides is 1. The second-order valence-corrected chi connectivity index (χ2v) is 5.12. The number of nitrogens with one attached hydrogen (secondary N) is 2. The highest BCUT2D eigenvalue weighted by Crippen LogP contribution is 2.17. The van der Waals surface area contributed by atoms with Crippen LogP contribution in [-0.2, 0) is 17.8 Å². The van der Waals surface area contributed by atoms with E-state index >= 15 is 0 Å². The van der Waals surface area contributed by atoms with Gasteiger partial charge in [0.15, 0.2) is 18.9 Å². The number of hydrogen-bond acceptors (Lipinski definition) is 1. The Balaban J connectivity index is 1.68. The molecule has 2 heterocycles. The molecule has 0 unspecified atom stereocenters. The zero-order chi connectivity index (χ0) is 14.7. The summed E-state index contributed by atoms with van der Waals surface area (Å²) in [5.74, 6) is -0.0495. The first-order valence-corrected chi connectivity index (χ1v) is 7.04. The number of aromatic amines is 1. The molecule has 1 amide bonds. The van der Waals surface area contributed by atoms with E-state index in [0.29, 0.717) is 0 Å². The Morgan fingerprint density at radius 2 is 1.95 bits per heavy atom. The van der Waals surface area contributed by atoms with E-state index in [1.807, 2.05) is 30.6 Å². The third-order valence-electron chi connectivity index (χ3n) is 3.53. The monoisotopic (exact) mass is 280 g/mol. The number of hydrogen-bond donors (Lipinski definition) is 2. The van der Waals surface area contributed by atoms with Gasteiger partial charge in [0.25, 0.3) is 0 Å². The van der Waals surface area contributed by atoms with E-state index in [2.05, 4.69) is 39.3 Å². The molecule has 1 aromatic carbocycles. The molecule has 0 atom stereocenters. The molecule has 106 valence electrons. The van der Waals surface area contributed by atoms with E-state index < -0.39 is 0 Å². The third kappa shape index (κ3) is 3.11. The summed E-state index contributed by atoms with van der Waals surface area (Å²) in [5, 5.41) is 4.05. The Morgan fingerprint density at radius 1 is 1.19 bits per heavy atom. The van der Waals surface area contributed by atoms with Crippen LogP contribution >= 0.6 is 0 Å². The van der Waals surface area contributed by atoms with Crippen molar-refractivity contribution in [3.63, 3.8) is 0 Å². The van der Waals surface area contributed by atoms with Crippen molar-refractivity contribution in [2.45, 2.75) is 19.9 Å². The van der Waals surface area contributed by atoms with Gasteiger partial charge in [0, 0.05) is 42.6 Å². The van der Waals surface area contributed by atoms with Crippen molar-refractivity contribution < 1.29 is 9.36 Å². The number of rotatable bonds is 4. The lowest BCUT2D eigenvalue weighted by Crippen LogP contribution is -2.33. The van der Waals surface area contributed by atoms with Crippen LogP contribution in [0.15, 0.2) is 55.0 Å². The van der Waals surface area contributed by atoms with Gasteiger partial charge in [-0.1, -0.05) is 18.2 Å². The molecule has 21 heavy (non-hydrogen) atoms. The fraction of sp³-hybridized carbons (Fsp3) is 0.176. The highest BCUT2D eigenvalue weighted by atomic mass is 16.1. The Labute approximate surface area is 123 Å². The van der Waals surface area contributed by atoms with Gasteiger partial charge in [-0.2, -0.15) is 0 Å². The molecule has 0 aliphatic heterocycles. The van der Waals surface area contributed by atoms with E-state index in [1.165, 1.54) is 23.4 Å². The molecule has 0 bridgehead atoms. The summed E-state index contributed by atoms with van der Waals surface area (Å²) in [6.07, 6.45) is 7.02. The van der Waals surface area contributed by atoms with Crippen LogP contribution in [0, 0.1) is 0 Å². The first kappa shape index (κ1) is 13.4. The minimum atomic E-state index is -0.0495. The molecule has 0 spiro atoms. The predicted molar refractivity (Wildman–Crippen MR) is 82.9 cm³/mol. The van der Waals surface area contributed by atoms with Crippen molar-refractivity contribution in [3.8, 4) is 0 Å². The van der Waals surface area contributed by atoms with Crippen LogP contribution in [0.3, 0.4) is 0 Å². The molecule has 0 saturated carbocycles. The zero-order valence-corrected chi connectivity index (χ0v) is 12.0. The average molecular weight is 280 g/mol. The van der Waals surface area contributed by atoms with Gasteiger partial charge in [-0.05, 0) is 11.6 Å². The fourth-order valence-electron chi connectivity index (χ4n) is 2.48. The van der Waals surface area contributed by atoms with Gasteiger partial charge in [-0.15, -0.1) is 0 Å². The quantitative estimate of drug-likeness (QED) is 0.709. The second kappa shape index (κ2) is 5.79. The minimum Gasteiger partial charge on any atom is -0.361 e. The molecule has 3 aromatic rings. The second-order valence-electron chi connectivity index (χ2n) is 5.12. The number of nitrogens with zero attached hydrogens (tertiary/aromatic N) is 1. The minimum absolute atomic E-state index is 0.0495. The van der Waals surface area contributed by atoms with Crippen molar-refractivity contribution in [3.05, 3.63) is 60.6 Å². The lowest BCUT2D eigenvalue weighted by molar-refractivity contribution is -0.696. The molecular weight excluding hydrogens is 262 g/mol. The van der Waals surface area contributed by atoms with Crippen LogP contribution in [0.2, 0.25) is 0 Å². The summed E-state index contributed by atoms with van der Waals surface area (Å²) in [4.78, 5) is 14.3. The highest BCUT2D eigenvalue weighted by molar-refractivity contribution is 5.88. The summed E-state index contributed by atoms with van der Waals surface area (Å²) in [6, 6.07) is 12.2. The average Bonchev–Trinajstić information content (AvgIpc) is 2.89. The molecule has 0 saturated heterocycles. The van der Waals surface area contributed by atoms with Crippen LogP contribution in [-0.4, -0.2) is 10.9 Å². The molecule has 4 heteroatoms. The third-order valence-corrected chi connectivity index (χ3v) is 3.53. The van der Waals surface area contributed by atoms with Gasteiger partial charge in [0.2, 0.25) is 5.91 Å². The zero-order valence-electron chi connectivity index (χ0n) is 12.0. The van der Waals surface area contributed by atoms with Crippen molar-refractivity contribution in [2.75, 3.05) is 5.32 Å². The Morgan fingerprint density at radius 3 is 2.71 bits per heavy atom. The first-order valence-electron chi connectivity index (χ1n) is 7.04. The number of carbonyl (C=O) groups is 1. The standard InChI is InChI=1S/C17H17N3O/c1-13(21)19-15-7-10-20(11-8-15)9-6-14-12-18-17-5-3-2-4-16(14)17/h2-5,7-8,10-12,18H,6,9H2,1H3/p+1. The highest BCUT2D eigenvalue weighted by Gasteiger charge is 2.06. The van der Waals surface area contributed by atoms with Gasteiger partial charge in [0.1, 0.15) is 0 Å². The van der Waals surface area contributed by atoms with Crippen LogP contribution in [0.4, 0.5) is 5.69 Å². The van der Waals surface area contributed by atoms with E-state index in [9.17, 15) is 4.79 Å². The maximum absolute atomic E-state index is 11.0. The fourth-order valence-corrected chi connectivity index (χ4v) is 2.48. The lowest BCUT2D eigenvalue weighted by atomic mass is 10.1. The molecular formula is C17H18N3O+. The number of para-hydroxylation sites is 1. The Hall–Kier alpha value is -2.62. The maximum Gasteiger partial charge on any atom is 0.221 e. The lowest BCUT2D eigenvalue weighted by Gasteiger charge is -2.01. The maximum atomic E-state index is 11.0. The number of benzene rings is 1. The summed E-state index contributed by atoms with van der Waals surface area (Å²) in [6.45, 7) is 2.42. The van der Waals surface area contributed by atoms with E-state index in [-0.39, 0.29) is 5.91 Å². The van der Waals surface area contributed by atoms with E-state index in [1.54, 1.807) is 0 Å². The SMILES string of the molecule is CC(=O)Nc1cc[n+](CCc2c[nH]c3ccccc23)cc1. The van der Waals surface area contributed by atoms with Gasteiger partial charge in [-0.25, -0.2) is 4.57 Å². The van der Waals surface area contributed by atoms with Gasteiger partial charge >= 0.3 is 0 Å². The van der Waals surface area contributed by atoms with E-state index in [4.69, 9.17) is 0 Å². The number of fused-ring (bicyclic) bond motifs is 1. The number of carbonyl (C=O) groups excluding carboxylic acids is 1. The number of aromatic nitrogens is 2. The summed E-state index contributed by atoms with van der Waals surface area (Å²) >= 11 is 0. The molecule has 0 radical (unpaired) electrons. The summed E-state index contributed by atoms with van der Waals surface area (Å²) in [7, 11) is 0. The molecule has 4 nitrogen and oxygen atoms in total. The normalized spacial score (nSPS) is 10.7. The first-order chi connectivity index (χ1) is 10.2. The van der Waals surface area contributed by atoms with Gasteiger partial charge in [-0.3, -0.25) is 4.79 Å².